The van der Waals surface area contributed by atoms with Gasteiger partial charge in [0.15, 0.2) is 5.65 Å². The van der Waals surface area contributed by atoms with E-state index in [2.05, 4.69) is 54.5 Å². The molecule has 2 aliphatic rings. The molecule has 0 bridgehead atoms. The minimum atomic E-state index is -0.140. The Morgan fingerprint density at radius 3 is 2.45 bits per heavy atom. The van der Waals surface area contributed by atoms with E-state index < -0.39 is 0 Å². The summed E-state index contributed by atoms with van der Waals surface area (Å²) < 4.78 is 9.55. The minimum absolute atomic E-state index is 0.140. The van der Waals surface area contributed by atoms with Crippen molar-refractivity contribution in [3.63, 3.8) is 0 Å². The molecule has 226 valence electrons. The number of hydrogen-bond donors (Lipinski definition) is 0. The molecule has 0 radical (unpaired) electrons. The van der Waals surface area contributed by atoms with Crippen LogP contribution in [0.15, 0.2) is 55.2 Å². The highest BCUT2D eigenvalue weighted by Crippen LogP contribution is 2.22. The zero-order valence-electron chi connectivity index (χ0n) is 24.8. The third-order valence-corrected chi connectivity index (χ3v) is 8.18. The summed E-state index contributed by atoms with van der Waals surface area (Å²) >= 11 is 0. The van der Waals surface area contributed by atoms with Crippen LogP contribution in [0.4, 0.5) is 5.95 Å². The number of anilines is 1. The van der Waals surface area contributed by atoms with Crippen LogP contribution in [0.1, 0.15) is 12.5 Å². The van der Waals surface area contributed by atoms with Crippen molar-refractivity contribution in [2.45, 2.75) is 26.1 Å². The van der Waals surface area contributed by atoms with Crippen molar-refractivity contribution in [3.8, 4) is 22.4 Å². The molecule has 2 fully saturated rings. The van der Waals surface area contributed by atoms with Gasteiger partial charge >= 0.3 is 0 Å². The van der Waals surface area contributed by atoms with Crippen LogP contribution < -0.4 is 4.90 Å². The number of amides is 1. The van der Waals surface area contributed by atoms with Gasteiger partial charge in [-0.2, -0.15) is 5.10 Å². The van der Waals surface area contributed by atoms with Crippen LogP contribution in [-0.2, 0) is 29.7 Å². The van der Waals surface area contributed by atoms with Crippen molar-refractivity contribution in [1.82, 2.24) is 54.5 Å². The molecule has 7 rings (SSSR count). The van der Waals surface area contributed by atoms with Crippen molar-refractivity contribution in [3.05, 3.63) is 60.8 Å². The third-order valence-electron chi connectivity index (χ3n) is 8.18. The van der Waals surface area contributed by atoms with Gasteiger partial charge < -0.3 is 14.5 Å². The first-order chi connectivity index (χ1) is 21.5. The molecular weight excluding hydrogens is 560 g/mol. The molecule has 1 atom stereocenters. The van der Waals surface area contributed by atoms with Crippen LogP contribution in [0, 0.1) is 0 Å². The summed E-state index contributed by atoms with van der Waals surface area (Å²) in [5.74, 6) is 0.827. The molecule has 4 aromatic heterocycles. The molecule has 14 nitrogen and oxygen atoms in total. The average Bonchev–Trinajstić information content (AvgIpc) is 3.67. The Kier molecular flexibility index (Phi) is 7.66. The maximum absolute atomic E-state index is 11.6. The predicted molar refractivity (Wildman–Crippen MR) is 162 cm³/mol. The van der Waals surface area contributed by atoms with Crippen molar-refractivity contribution in [1.29, 1.82) is 0 Å². The van der Waals surface area contributed by atoms with Gasteiger partial charge in [-0.25, -0.2) is 24.6 Å². The predicted octanol–water partition coefficient (Wildman–Crippen LogP) is 1.65. The molecular formula is C30H34N12O2. The number of carbonyl (C=O) groups is 1. The first kappa shape index (κ1) is 28.0. The fourth-order valence-corrected chi connectivity index (χ4v) is 5.69. The summed E-state index contributed by atoms with van der Waals surface area (Å²) in [4.78, 5) is 36.6. The van der Waals surface area contributed by atoms with E-state index in [1.807, 2.05) is 30.5 Å². The second kappa shape index (κ2) is 12.1. The van der Waals surface area contributed by atoms with Crippen LogP contribution in [-0.4, -0.2) is 112 Å². The van der Waals surface area contributed by atoms with Gasteiger partial charge in [0, 0.05) is 89.5 Å². The molecule has 6 heterocycles. The SMILES string of the molecule is CC(=O)N1CCN(Cc2ccc(-c3cnc(N4CCOC(Cn5nnc6ncc(-c7cnn(C)c7)nc65)C4)nc3)cc2)CC1. The minimum Gasteiger partial charge on any atom is -0.373 e. The zero-order valence-corrected chi connectivity index (χ0v) is 24.8. The second-order valence-electron chi connectivity index (χ2n) is 11.3. The number of rotatable bonds is 7. The maximum Gasteiger partial charge on any atom is 0.225 e. The van der Waals surface area contributed by atoms with Crippen LogP contribution in [0.2, 0.25) is 0 Å². The highest BCUT2D eigenvalue weighted by Gasteiger charge is 2.25. The van der Waals surface area contributed by atoms with E-state index >= 15 is 0 Å². The van der Waals surface area contributed by atoms with E-state index in [1.54, 1.807) is 28.7 Å². The molecule has 2 aliphatic heterocycles. The molecule has 2 saturated heterocycles. The molecule has 5 aromatic rings. The number of aromatic nitrogens is 9. The summed E-state index contributed by atoms with van der Waals surface area (Å²) in [7, 11) is 1.87. The molecule has 0 aliphatic carbocycles. The number of carbonyl (C=O) groups excluding carboxylic acids is 1. The molecule has 44 heavy (non-hydrogen) atoms. The standard InChI is InChI=1S/C30H34N12O2/c1-21(43)40-9-7-39(8-10-40)17-22-3-5-23(6-4-22)24-13-32-30(33-14-24)41-11-12-44-26(19-41)20-42-29-28(36-37-42)31-16-27(35-29)25-15-34-38(2)18-25/h3-6,13-16,18,26H,7-12,17,19-20H2,1-2H3. The Bertz CT molecular complexity index is 1740. The molecule has 1 unspecified atom stereocenters. The van der Waals surface area contributed by atoms with Gasteiger partial charge in [-0.15, -0.1) is 5.10 Å². The zero-order chi connectivity index (χ0) is 30.0. The van der Waals surface area contributed by atoms with Crippen molar-refractivity contribution in [2.75, 3.05) is 50.8 Å². The number of aryl methyl sites for hydroxylation is 1. The quantitative estimate of drug-likeness (QED) is 0.272. The summed E-state index contributed by atoms with van der Waals surface area (Å²) in [6.07, 6.45) is 8.96. The van der Waals surface area contributed by atoms with Crippen molar-refractivity contribution in [2.24, 2.45) is 7.05 Å². The normalized spacial score (nSPS) is 17.8. The molecule has 14 heteroatoms. The maximum atomic E-state index is 11.6. The van der Waals surface area contributed by atoms with Crippen molar-refractivity contribution >= 4 is 23.1 Å². The number of piperazine rings is 1. The number of nitrogens with zero attached hydrogens (tertiary/aromatic N) is 12. The monoisotopic (exact) mass is 594 g/mol. The molecule has 1 aromatic carbocycles. The van der Waals surface area contributed by atoms with Crippen LogP contribution in [0.5, 0.6) is 0 Å². The topological polar surface area (TPSA) is 136 Å². The van der Waals surface area contributed by atoms with E-state index in [4.69, 9.17) is 19.7 Å². The number of morpholine rings is 1. The number of benzene rings is 1. The lowest BCUT2D eigenvalue weighted by Crippen LogP contribution is -2.47. The number of fused-ring (bicyclic) bond motifs is 1. The second-order valence-corrected chi connectivity index (χ2v) is 11.3. The third kappa shape index (κ3) is 5.98. The van der Waals surface area contributed by atoms with E-state index in [9.17, 15) is 4.79 Å². The van der Waals surface area contributed by atoms with Crippen LogP contribution in [0.25, 0.3) is 33.7 Å². The number of ether oxygens (including phenoxy) is 1. The molecule has 0 N–H and O–H groups in total. The Balaban J connectivity index is 0.973. The van der Waals surface area contributed by atoms with E-state index in [0.717, 1.165) is 49.4 Å². The summed E-state index contributed by atoms with van der Waals surface area (Å²) in [5, 5.41) is 12.7. The van der Waals surface area contributed by atoms with Crippen molar-refractivity contribution < 1.29 is 9.53 Å². The number of hydrogen-bond acceptors (Lipinski definition) is 11. The van der Waals surface area contributed by atoms with Gasteiger partial charge in [0.25, 0.3) is 0 Å². The lowest BCUT2D eigenvalue weighted by molar-refractivity contribution is -0.130. The van der Waals surface area contributed by atoms with E-state index in [-0.39, 0.29) is 12.0 Å². The lowest BCUT2D eigenvalue weighted by Gasteiger charge is -2.34. The van der Waals surface area contributed by atoms with Gasteiger partial charge in [0.1, 0.15) is 0 Å². The van der Waals surface area contributed by atoms with Crippen LogP contribution >= 0.6 is 0 Å². The lowest BCUT2D eigenvalue weighted by atomic mass is 10.1. The summed E-state index contributed by atoms with van der Waals surface area (Å²) in [6, 6.07) is 8.56. The highest BCUT2D eigenvalue weighted by atomic mass is 16.5. The summed E-state index contributed by atoms with van der Waals surface area (Å²) in [6.45, 7) is 8.25. The smallest absolute Gasteiger partial charge is 0.225 e. The average molecular weight is 595 g/mol. The van der Waals surface area contributed by atoms with Gasteiger partial charge in [0.05, 0.1) is 37.3 Å². The van der Waals surface area contributed by atoms with Gasteiger partial charge in [0.2, 0.25) is 17.5 Å². The van der Waals surface area contributed by atoms with Crippen LogP contribution in [0.3, 0.4) is 0 Å². The Morgan fingerprint density at radius 2 is 1.73 bits per heavy atom. The fourth-order valence-electron chi connectivity index (χ4n) is 5.69. The first-order valence-electron chi connectivity index (χ1n) is 14.8. The van der Waals surface area contributed by atoms with Gasteiger partial charge in [-0.1, -0.05) is 29.5 Å². The fraction of sp³-hybridized carbons (Fsp3) is 0.400. The van der Waals surface area contributed by atoms with Gasteiger partial charge in [-0.3, -0.25) is 14.4 Å². The Morgan fingerprint density at radius 1 is 0.932 bits per heavy atom. The largest absolute Gasteiger partial charge is 0.373 e. The molecule has 0 spiro atoms. The summed E-state index contributed by atoms with van der Waals surface area (Å²) in [5.41, 5.74) is 5.99. The first-order valence-corrected chi connectivity index (χ1v) is 14.8. The Hall–Kier alpha value is -4.82. The molecule has 1 amide bonds. The highest BCUT2D eigenvalue weighted by molar-refractivity contribution is 5.73. The molecule has 0 saturated carbocycles. The van der Waals surface area contributed by atoms with E-state index in [0.29, 0.717) is 49.2 Å². The van der Waals surface area contributed by atoms with E-state index in [1.165, 1.54) is 5.56 Å². The Labute approximate surface area is 254 Å². The van der Waals surface area contributed by atoms with Gasteiger partial charge in [-0.05, 0) is 11.1 Å².